The van der Waals surface area contributed by atoms with E-state index in [9.17, 15) is 0 Å². The van der Waals surface area contributed by atoms with E-state index in [1.54, 1.807) is 0 Å². The predicted molar refractivity (Wildman–Crippen MR) is 21.0 cm³/mol. The van der Waals surface area contributed by atoms with E-state index in [-0.39, 0.29) is 77.2 Å². The first-order valence-electron chi connectivity index (χ1n) is 1.25. The van der Waals surface area contributed by atoms with Gasteiger partial charge >= 0.3 is 125 Å². The van der Waals surface area contributed by atoms with Crippen molar-refractivity contribution in [2.24, 2.45) is 0 Å². The van der Waals surface area contributed by atoms with Crippen molar-refractivity contribution < 1.29 is 110 Å². The van der Waals surface area contributed by atoms with Crippen molar-refractivity contribution in [3.05, 3.63) is 0 Å². The molecule has 0 aromatic rings. The summed E-state index contributed by atoms with van der Waals surface area (Å²) < 4.78 is 24.5. The van der Waals surface area contributed by atoms with Crippen molar-refractivity contribution in [3.8, 4) is 0 Å². The van der Waals surface area contributed by atoms with Crippen LogP contribution in [-0.2, 0) is 42.7 Å². The summed E-state index contributed by atoms with van der Waals surface area (Å²) >= 11 is 3.28. The van der Waals surface area contributed by atoms with Gasteiger partial charge in [-0.3, -0.25) is 0 Å². The van der Waals surface area contributed by atoms with Crippen molar-refractivity contribution in [1.82, 2.24) is 0 Å². The van der Waals surface area contributed by atoms with Crippen LogP contribution in [0.4, 0.5) is 4.79 Å². The predicted octanol–water partition coefficient (Wildman–Crippen LogP) is -3.67. The van der Waals surface area contributed by atoms with E-state index in [0.29, 0.717) is 0 Å². The van der Waals surface area contributed by atoms with Crippen LogP contribution in [0.1, 0.15) is 1.43 Å². The van der Waals surface area contributed by atoms with Gasteiger partial charge in [0.2, 0.25) is 0 Å². The third-order valence-corrected chi connectivity index (χ3v) is 0. The van der Waals surface area contributed by atoms with E-state index in [1.165, 1.54) is 16.2 Å². The molecule has 0 radical (unpaired) electrons. The fourth-order valence-corrected chi connectivity index (χ4v) is 0. The van der Waals surface area contributed by atoms with Gasteiger partial charge in [0.25, 0.3) is 0 Å². The molecule has 0 aromatic heterocycles. The van der Waals surface area contributed by atoms with Gasteiger partial charge in [-0.2, -0.15) is 0 Å². The third kappa shape index (κ3) is 258. The van der Waals surface area contributed by atoms with Gasteiger partial charge in [0.05, 0.1) is 0 Å². The Labute approximate surface area is 138 Å². The molecule has 0 saturated heterocycles. The minimum atomic E-state index is -1.83. The van der Waals surface area contributed by atoms with Crippen molar-refractivity contribution in [1.29, 1.82) is 0 Å². The molecule has 0 saturated carbocycles. The van der Waals surface area contributed by atoms with Gasteiger partial charge in [0, 0.05) is 0 Å². The standard InChI is InChI=1S/CH2O3.Cr.Fe.In.K.3O.2H/c2-1(3)4;;;;;;;;;/h(H2,2,3,4);;;;;;;;;/q;;;;+1;;;;;-1. The SMILES string of the molecule is O=C(O)O.[H-].[K+].[O]=[Cr].[O]=[Fe].[O]=[InH]. The van der Waals surface area contributed by atoms with E-state index in [1.807, 2.05) is 15.9 Å². The Morgan fingerprint density at radius 1 is 1.27 bits per heavy atom. The number of carbonyl (C=O) groups is 1. The molecule has 0 atom stereocenters. The first kappa shape index (κ1) is 29.2. The van der Waals surface area contributed by atoms with Gasteiger partial charge in [0.1, 0.15) is 0 Å². The second-order valence-corrected chi connectivity index (χ2v) is 0.283. The summed E-state index contributed by atoms with van der Waals surface area (Å²) in [4.78, 5) is 8.56. The second kappa shape index (κ2) is 56.4. The number of carboxylic acid groups (broad SMARTS) is 2. The molecule has 0 spiro atoms. The van der Waals surface area contributed by atoms with Gasteiger partial charge in [-0.1, -0.05) is 0 Å². The summed E-state index contributed by atoms with van der Waals surface area (Å²) in [6.45, 7) is 0. The molecule has 0 rings (SSSR count). The van der Waals surface area contributed by atoms with E-state index in [0.717, 1.165) is 0 Å². The molecule has 0 aliphatic heterocycles. The molecule has 0 unspecified atom stereocenters. The van der Waals surface area contributed by atoms with Crippen LogP contribution >= 0.6 is 0 Å². The van der Waals surface area contributed by atoms with Crippen LogP contribution in [0.2, 0.25) is 0 Å². The van der Waals surface area contributed by atoms with Crippen LogP contribution in [0.15, 0.2) is 0 Å². The zero-order valence-corrected chi connectivity index (χ0v) is 15.0. The zero-order chi connectivity index (χ0) is 9.58. The number of hydrogen-bond acceptors (Lipinski definition) is 4. The average molecular weight is 374 g/mol. The van der Waals surface area contributed by atoms with E-state index < -0.39 is 6.16 Å². The molecular weight excluding hydrogens is 370 g/mol. The average Bonchev–Trinajstić information content (AvgIpc) is 1.98. The summed E-state index contributed by atoms with van der Waals surface area (Å²) in [5.74, 6) is 0. The normalized spacial score (nSPS) is 3.27. The quantitative estimate of drug-likeness (QED) is 0.424. The molecule has 62 valence electrons. The maximum absolute atomic E-state index is 8.56. The summed E-state index contributed by atoms with van der Waals surface area (Å²) in [5.41, 5.74) is 0. The first-order chi connectivity index (χ1) is 4.73. The van der Waals surface area contributed by atoms with Crippen molar-refractivity contribution in [2.45, 2.75) is 0 Å². The molecule has 0 amide bonds. The summed E-state index contributed by atoms with van der Waals surface area (Å²) in [6, 6.07) is 0. The van der Waals surface area contributed by atoms with Gasteiger partial charge < -0.3 is 11.6 Å². The van der Waals surface area contributed by atoms with Crippen LogP contribution in [0.3, 0.4) is 0 Å². The maximum atomic E-state index is 8.56. The molecule has 0 aliphatic rings. The third-order valence-electron chi connectivity index (χ3n) is 0. The Hall–Kier alpha value is 2.23. The van der Waals surface area contributed by atoms with Crippen molar-refractivity contribution in [3.63, 3.8) is 0 Å². The monoisotopic (exact) mass is 374 g/mol. The topological polar surface area (TPSA) is 109 Å². The fourth-order valence-electron chi connectivity index (χ4n) is 0. The molecule has 0 fully saturated rings. The molecule has 0 bridgehead atoms. The number of rotatable bonds is 0. The van der Waals surface area contributed by atoms with Gasteiger partial charge in [-0.25, -0.2) is 4.79 Å². The molecule has 6 nitrogen and oxygen atoms in total. The van der Waals surface area contributed by atoms with Gasteiger partial charge in [-0.15, -0.1) is 0 Å². The zero-order valence-electron chi connectivity index (χ0n) is 6.50. The first-order valence-corrected chi connectivity index (χ1v) is 3.87. The van der Waals surface area contributed by atoms with E-state index in [4.69, 9.17) is 25.5 Å². The molecule has 0 aliphatic carbocycles. The van der Waals surface area contributed by atoms with Crippen LogP contribution < -0.4 is 51.4 Å². The molecular formula is CH4CrFeInKO6. The van der Waals surface area contributed by atoms with Crippen molar-refractivity contribution in [2.75, 3.05) is 0 Å². The Balaban J connectivity index is -0.0000000101. The van der Waals surface area contributed by atoms with E-state index in [2.05, 4.69) is 0 Å². The van der Waals surface area contributed by atoms with Crippen LogP contribution in [0.25, 0.3) is 0 Å². The van der Waals surface area contributed by atoms with Gasteiger partial charge in [0.15, 0.2) is 0 Å². The Bertz CT molecular complexity index is 71.8. The second-order valence-electron chi connectivity index (χ2n) is 0.283. The Morgan fingerprint density at radius 3 is 1.27 bits per heavy atom. The summed E-state index contributed by atoms with van der Waals surface area (Å²) in [7, 11) is 0. The van der Waals surface area contributed by atoms with Crippen molar-refractivity contribution >= 4 is 30.5 Å². The molecule has 2 N–H and O–H groups in total. The van der Waals surface area contributed by atoms with Crippen LogP contribution in [-0.4, -0.2) is 40.7 Å². The summed E-state index contributed by atoms with van der Waals surface area (Å²) in [5, 5.41) is 13.9. The molecule has 0 heterocycles. The Morgan fingerprint density at radius 2 is 1.27 bits per heavy atom. The van der Waals surface area contributed by atoms with Crippen LogP contribution in [0.5, 0.6) is 0 Å². The Kier molecular flexibility index (Phi) is 150. The number of hydrogen-bond donors (Lipinski definition) is 2. The molecule has 11 heavy (non-hydrogen) atoms. The molecule has 0 aromatic carbocycles. The summed E-state index contributed by atoms with van der Waals surface area (Å²) in [6.07, 6.45) is -1.83. The molecule has 10 heteroatoms. The van der Waals surface area contributed by atoms with Crippen LogP contribution in [0, 0.1) is 0 Å². The fraction of sp³-hybridized carbons (Fsp3) is 0. The van der Waals surface area contributed by atoms with Gasteiger partial charge in [-0.05, 0) is 0 Å². The minimum absolute atomic E-state index is 0. The van der Waals surface area contributed by atoms with E-state index >= 15 is 0 Å².